The summed E-state index contributed by atoms with van der Waals surface area (Å²) in [7, 11) is 2.99. The Hall–Kier alpha value is -2.67. The highest BCUT2D eigenvalue weighted by atomic mass is 35.5. The molecule has 26 heavy (non-hydrogen) atoms. The first-order valence-electron chi connectivity index (χ1n) is 8.05. The molecule has 0 spiro atoms. The van der Waals surface area contributed by atoms with Crippen LogP contribution < -0.4 is 19.7 Å². The molecule has 1 aromatic carbocycles. The Morgan fingerprint density at radius 2 is 2.12 bits per heavy atom. The monoisotopic (exact) mass is 378 g/mol. The van der Waals surface area contributed by atoms with Gasteiger partial charge in [-0.1, -0.05) is 11.6 Å². The lowest BCUT2D eigenvalue weighted by molar-refractivity contribution is -0.126. The zero-order valence-electron chi connectivity index (χ0n) is 14.5. The molecule has 1 saturated heterocycles. The molecule has 7 nitrogen and oxygen atoms in total. The number of rotatable bonds is 6. The van der Waals surface area contributed by atoms with Crippen LogP contribution in [0, 0.1) is 5.92 Å². The van der Waals surface area contributed by atoms with E-state index < -0.39 is 5.92 Å². The van der Waals surface area contributed by atoms with Crippen molar-refractivity contribution in [1.82, 2.24) is 5.32 Å². The van der Waals surface area contributed by atoms with E-state index in [1.54, 1.807) is 30.5 Å². The molecule has 0 radical (unpaired) electrons. The van der Waals surface area contributed by atoms with Crippen molar-refractivity contribution in [1.29, 1.82) is 0 Å². The van der Waals surface area contributed by atoms with Gasteiger partial charge in [0.15, 0.2) is 0 Å². The molecule has 1 atom stereocenters. The second-order valence-electron chi connectivity index (χ2n) is 5.86. The molecule has 1 aliphatic heterocycles. The highest BCUT2D eigenvalue weighted by Gasteiger charge is 2.36. The van der Waals surface area contributed by atoms with Crippen LogP contribution in [0.4, 0.5) is 5.69 Å². The Morgan fingerprint density at radius 3 is 2.77 bits per heavy atom. The number of hydrogen-bond donors (Lipinski definition) is 1. The Bertz CT molecular complexity index is 806. The van der Waals surface area contributed by atoms with Gasteiger partial charge in [0.2, 0.25) is 11.8 Å². The number of methoxy groups -OCH3 is 2. The molecule has 2 heterocycles. The van der Waals surface area contributed by atoms with Crippen LogP contribution >= 0.6 is 11.6 Å². The van der Waals surface area contributed by atoms with Gasteiger partial charge in [0.1, 0.15) is 17.3 Å². The lowest BCUT2D eigenvalue weighted by Crippen LogP contribution is -2.32. The third-order valence-electron chi connectivity index (χ3n) is 4.26. The maximum absolute atomic E-state index is 12.5. The first-order valence-corrected chi connectivity index (χ1v) is 8.43. The van der Waals surface area contributed by atoms with E-state index in [4.69, 9.17) is 25.5 Å². The number of ether oxygens (including phenoxy) is 2. The molecule has 1 fully saturated rings. The third-order valence-corrected chi connectivity index (χ3v) is 4.55. The molecule has 8 heteroatoms. The summed E-state index contributed by atoms with van der Waals surface area (Å²) in [6.07, 6.45) is 1.67. The fourth-order valence-electron chi connectivity index (χ4n) is 2.90. The van der Waals surface area contributed by atoms with Crippen molar-refractivity contribution < 1.29 is 23.5 Å². The SMILES string of the molecule is COc1cc(N2CC(C(=O)NCc3ccco3)CC2=O)c(OC)cc1Cl. The van der Waals surface area contributed by atoms with E-state index in [1.807, 2.05) is 0 Å². The van der Waals surface area contributed by atoms with Crippen LogP contribution in [0.25, 0.3) is 0 Å². The highest BCUT2D eigenvalue weighted by molar-refractivity contribution is 6.32. The number of nitrogens with zero attached hydrogens (tertiary/aromatic N) is 1. The van der Waals surface area contributed by atoms with Gasteiger partial charge in [0.25, 0.3) is 0 Å². The number of furan rings is 1. The van der Waals surface area contributed by atoms with Gasteiger partial charge < -0.3 is 24.1 Å². The number of anilines is 1. The van der Waals surface area contributed by atoms with E-state index in [0.717, 1.165) is 0 Å². The maximum Gasteiger partial charge on any atom is 0.227 e. The normalized spacial score (nSPS) is 16.7. The molecule has 2 aromatic rings. The molecule has 0 aliphatic carbocycles. The lowest BCUT2D eigenvalue weighted by Gasteiger charge is -2.21. The summed E-state index contributed by atoms with van der Waals surface area (Å²) in [5.41, 5.74) is 0.528. The molecule has 1 N–H and O–H groups in total. The number of amides is 2. The topological polar surface area (TPSA) is 81.0 Å². The minimum Gasteiger partial charge on any atom is -0.495 e. The van der Waals surface area contributed by atoms with Gasteiger partial charge in [0.05, 0.1) is 43.7 Å². The van der Waals surface area contributed by atoms with E-state index in [-0.39, 0.29) is 31.3 Å². The van der Waals surface area contributed by atoms with Crippen LogP contribution in [0.2, 0.25) is 5.02 Å². The lowest BCUT2D eigenvalue weighted by atomic mass is 10.1. The van der Waals surface area contributed by atoms with E-state index in [2.05, 4.69) is 5.32 Å². The van der Waals surface area contributed by atoms with Gasteiger partial charge in [-0.25, -0.2) is 0 Å². The number of benzene rings is 1. The zero-order valence-corrected chi connectivity index (χ0v) is 15.2. The summed E-state index contributed by atoms with van der Waals surface area (Å²) >= 11 is 6.11. The van der Waals surface area contributed by atoms with E-state index in [0.29, 0.717) is 28.0 Å². The summed E-state index contributed by atoms with van der Waals surface area (Å²) < 4.78 is 15.7. The standard InChI is InChI=1S/C18H19ClN2O5/c1-24-15-8-14(16(25-2)7-13(15)19)21-10-11(6-17(21)22)18(23)20-9-12-4-3-5-26-12/h3-5,7-8,11H,6,9-10H2,1-2H3,(H,20,23). The molecule has 3 rings (SSSR count). The Kier molecular flexibility index (Phi) is 5.37. The van der Waals surface area contributed by atoms with Gasteiger partial charge in [-0.3, -0.25) is 9.59 Å². The highest BCUT2D eigenvalue weighted by Crippen LogP contribution is 2.40. The van der Waals surface area contributed by atoms with Crippen molar-refractivity contribution in [3.8, 4) is 11.5 Å². The average molecular weight is 379 g/mol. The predicted molar refractivity (Wildman–Crippen MR) is 95.6 cm³/mol. The van der Waals surface area contributed by atoms with Crippen molar-refractivity contribution in [2.75, 3.05) is 25.7 Å². The maximum atomic E-state index is 12.5. The van der Waals surface area contributed by atoms with Crippen LogP contribution in [-0.4, -0.2) is 32.6 Å². The van der Waals surface area contributed by atoms with Gasteiger partial charge in [-0.05, 0) is 12.1 Å². The second kappa shape index (κ2) is 7.70. The van der Waals surface area contributed by atoms with Crippen LogP contribution in [0.5, 0.6) is 11.5 Å². The second-order valence-corrected chi connectivity index (χ2v) is 6.27. The summed E-state index contributed by atoms with van der Waals surface area (Å²) in [6, 6.07) is 6.76. The summed E-state index contributed by atoms with van der Waals surface area (Å²) in [6.45, 7) is 0.540. The number of hydrogen-bond acceptors (Lipinski definition) is 5. The summed E-state index contributed by atoms with van der Waals surface area (Å²) in [4.78, 5) is 26.4. The van der Waals surface area contributed by atoms with Crippen LogP contribution in [0.15, 0.2) is 34.9 Å². The van der Waals surface area contributed by atoms with Crippen molar-refractivity contribution in [2.45, 2.75) is 13.0 Å². The quantitative estimate of drug-likeness (QED) is 0.835. The van der Waals surface area contributed by atoms with Crippen molar-refractivity contribution in [2.24, 2.45) is 5.92 Å². The molecule has 0 bridgehead atoms. The zero-order chi connectivity index (χ0) is 18.7. The Balaban J connectivity index is 1.74. The van der Waals surface area contributed by atoms with Crippen LogP contribution in [-0.2, 0) is 16.1 Å². The minimum absolute atomic E-state index is 0.123. The van der Waals surface area contributed by atoms with Gasteiger partial charge in [0, 0.05) is 25.1 Å². The molecule has 138 valence electrons. The van der Waals surface area contributed by atoms with Crippen LogP contribution in [0.3, 0.4) is 0 Å². The molecule has 1 aromatic heterocycles. The Morgan fingerprint density at radius 1 is 1.35 bits per heavy atom. The van der Waals surface area contributed by atoms with Gasteiger partial charge >= 0.3 is 0 Å². The molecular formula is C18H19ClN2O5. The first kappa shape index (κ1) is 18.1. The molecule has 1 unspecified atom stereocenters. The van der Waals surface area contributed by atoms with E-state index >= 15 is 0 Å². The molecular weight excluding hydrogens is 360 g/mol. The smallest absolute Gasteiger partial charge is 0.227 e. The fraction of sp³-hybridized carbons (Fsp3) is 0.333. The molecule has 1 aliphatic rings. The number of nitrogens with one attached hydrogen (secondary N) is 1. The summed E-state index contributed by atoms with van der Waals surface area (Å²) in [5, 5.41) is 3.17. The summed E-state index contributed by atoms with van der Waals surface area (Å²) in [5.74, 6) is 0.720. The largest absolute Gasteiger partial charge is 0.495 e. The molecule has 0 saturated carbocycles. The van der Waals surface area contributed by atoms with E-state index in [9.17, 15) is 9.59 Å². The minimum atomic E-state index is -0.455. The predicted octanol–water partition coefficient (Wildman–Crippen LogP) is 2.62. The first-order chi connectivity index (χ1) is 12.5. The third kappa shape index (κ3) is 3.62. The van der Waals surface area contributed by atoms with Gasteiger partial charge in [-0.15, -0.1) is 0 Å². The Labute approximate surface area is 155 Å². The van der Waals surface area contributed by atoms with Gasteiger partial charge in [-0.2, -0.15) is 0 Å². The van der Waals surface area contributed by atoms with Crippen molar-refractivity contribution in [3.63, 3.8) is 0 Å². The van der Waals surface area contributed by atoms with Crippen molar-refractivity contribution in [3.05, 3.63) is 41.3 Å². The number of carbonyl (C=O) groups excluding carboxylic acids is 2. The fourth-order valence-corrected chi connectivity index (χ4v) is 3.13. The van der Waals surface area contributed by atoms with E-state index in [1.165, 1.54) is 19.1 Å². The van der Waals surface area contributed by atoms with Crippen molar-refractivity contribution >= 4 is 29.1 Å². The molecule has 2 amide bonds. The number of halogens is 1. The number of carbonyl (C=O) groups is 2. The van der Waals surface area contributed by atoms with Crippen LogP contribution in [0.1, 0.15) is 12.2 Å². The average Bonchev–Trinajstić information content (AvgIpc) is 3.29.